The van der Waals surface area contributed by atoms with Gasteiger partial charge in [0.2, 0.25) is 17.7 Å². The first kappa shape index (κ1) is 23.6. The third-order valence-electron chi connectivity index (χ3n) is 3.93. The molecule has 11 heteroatoms. The van der Waals surface area contributed by atoms with Crippen molar-refractivity contribution in [3.05, 3.63) is 35.9 Å². The molecule has 11 nitrogen and oxygen atoms in total. The van der Waals surface area contributed by atoms with Crippen molar-refractivity contribution in [3.63, 3.8) is 0 Å². The second kappa shape index (κ2) is 11.4. The molecule has 3 atom stereocenters. The maximum atomic E-state index is 12.5. The number of rotatable bonds is 12. The van der Waals surface area contributed by atoms with Crippen molar-refractivity contribution in [1.29, 1.82) is 0 Å². The second-order valence-corrected chi connectivity index (χ2v) is 6.36. The number of carboxylic acid groups (broad SMARTS) is 2. The van der Waals surface area contributed by atoms with Crippen molar-refractivity contribution in [2.75, 3.05) is 0 Å². The Morgan fingerprint density at radius 2 is 1.52 bits per heavy atom. The summed E-state index contributed by atoms with van der Waals surface area (Å²) in [4.78, 5) is 57.8. The molecule has 1 aromatic carbocycles. The Bertz CT molecular complexity index is 754. The van der Waals surface area contributed by atoms with Gasteiger partial charge in [-0.05, 0) is 12.0 Å². The van der Waals surface area contributed by atoms with Gasteiger partial charge in [-0.25, -0.2) is 4.79 Å². The zero-order valence-corrected chi connectivity index (χ0v) is 15.5. The standard InChI is InChI=1S/C18H24N4O7/c19-11(9-14(20)23)16(26)21-12(6-7-15(24)25)17(27)22-13(18(28)29)8-10-4-2-1-3-5-10/h1-5,11-13H,6-9,19H2,(H2,20,23)(H,21,26)(H,22,27)(H,24,25)(H,28,29)/t11-,12-,13-/m0/s1. The van der Waals surface area contributed by atoms with Crippen molar-refractivity contribution < 1.29 is 34.2 Å². The minimum absolute atomic E-state index is 0.0112. The molecule has 0 unspecified atom stereocenters. The van der Waals surface area contributed by atoms with E-state index in [1.54, 1.807) is 30.3 Å². The van der Waals surface area contributed by atoms with E-state index in [1.165, 1.54) is 0 Å². The molecule has 0 spiro atoms. The van der Waals surface area contributed by atoms with Crippen LogP contribution in [0.2, 0.25) is 0 Å². The van der Waals surface area contributed by atoms with E-state index in [9.17, 15) is 29.1 Å². The van der Waals surface area contributed by atoms with E-state index < -0.39 is 60.6 Å². The van der Waals surface area contributed by atoms with Gasteiger partial charge in [-0.2, -0.15) is 0 Å². The van der Waals surface area contributed by atoms with E-state index in [0.717, 1.165) is 0 Å². The van der Waals surface area contributed by atoms with Crippen LogP contribution in [0.15, 0.2) is 30.3 Å². The predicted molar refractivity (Wildman–Crippen MR) is 100 cm³/mol. The highest BCUT2D eigenvalue weighted by Gasteiger charge is 2.28. The molecule has 8 N–H and O–H groups in total. The Morgan fingerprint density at radius 3 is 2.03 bits per heavy atom. The van der Waals surface area contributed by atoms with Crippen LogP contribution in [-0.2, 0) is 30.4 Å². The van der Waals surface area contributed by atoms with Crippen molar-refractivity contribution in [3.8, 4) is 0 Å². The lowest BCUT2D eigenvalue weighted by Gasteiger charge is -2.22. The highest BCUT2D eigenvalue weighted by atomic mass is 16.4. The molecule has 0 saturated carbocycles. The molecule has 3 amide bonds. The van der Waals surface area contributed by atoms with Gasteiger partial charge < -0.3 is 32.3 Å². The summed E-state index contributed by atoms with van der Waals surface area (Å²) in [5.74, 6) is -5.10. The zero-order valence-electron chi connectivity index (χ0n) is 15.5. The van der Waals surface area contributed by atoms with Gasteiger partial charge in [0, 0.05) is 12.8 Å². The minimum Gasteiger partial charge on any atom is -0.481 e. The van der Waals surface area contributed by atoms with Crippen molar-refractivity contribution in [1.82, 2.24) is 10.6 Å². The normalized spacial score (nSPS) is 13.6. The SMILES string of the molecule is NC(=O)C[C@H](N)C(=O)N[C@@H](CCC(=O)O)C(=O)N[C@@H](Cc1ccccc1)C(=O)O. The van der Waals surface area contributed by atoms with Gasteiger partial charge in [-0.15, -0.1) is 0 Å². The van der Waals surface area contributed by atoms with E-state index in [0.29, 0.717) is 5.56 Å². The number of nitrogens with two attached hydrogens (primary N) is 2. The molecule has 0 fully saturated rings. The first-order valence-corrected chi connectivity index (χ1v) is 8.73. The average Bonchev–Trinajstić information content (AvgIpc) is 2.64. The maximum absolute atomic E-state index is 12.5. The summed E-state index contributed by atoms with van der Waals surface area (Å²) in [6, 6.07) is 4.59. The van der Waals surface area contributed by atoms with E-state index in [-0.39, 0.29) is 12.8 Å². The highest BCUT2D eigenvalue weighted by Crippen LogP contribution is 2.06. The van der Waals surface area contributed by atoms with Crippen molar-refractivity contribution >= 4 is 29.7 Å². The Hall–Kier alpha value is -3.47. The van der Waals surface area contributed by atoms with Crippen LogP contribution in [0.5, 0.6) is 0 Å². The monoisotopic (exact) mass is 408 g/mol. The average molecular weight is 408 g/mol. The molecule has 0 bridgehead atoms. The summed E-state index contributed by atoms with van der Waals surface area (Å²) in [5.41, 5.74) is 11.2. The number of carboxylic acids is 2. The summed E-state index contributed by atoms with van der Waals surface area (Å²) >= 11 is 0. The molecular formula is C18H24N4O7. The lowest BCUT2D eigenvalue weighted by Crippen LogP contribution is -2.55. The van der Waals surface area contributed by atoms with Gasteiger partial charge >= 0.3 is 11.9 Å². The molecule has 29 heavy (non-hydrogen) atoms. The number of carbonyl (C=O) groups excluding carboxylic acids is 3. The number of aliphatic carboxylic acids is 2. The van der Waals surface area contributed by atoms with Gasteiger partial charge in [0.05, 0.1) is 12.5 Å². The van der Waals surface area contributed by atoms with Gasteiger partial charge in [0.1, 0.15) is 12.1 Å². The van der Waals surface area contributed by atoms with E-state index >= 15 is 0 Å². The van der Waals surface area contributed by atoms with Gasteiger partial charge in [-0.3, -0.25) is 19.2 Å². The van der Waals surface area contributed by atoms with Crippen LogP contribution in [0.4, 0.5) is 0 Å². The maximum Gasteiger partial charge on any atom is 0.326 e. The summed E-state index contributed by atoms with van der Waals surface area (Å²) in [6.07, 6.45) is -1.23. The summed E-state index contributed by atoms with van der Waals surface area (Å²) in [5, 5.41) is 22.8. The topological polar surface area (TPSA) is 202 Å². The predicted octanol–water partition coefficient (Wildman–Crippen LogP) is -1.65. The lowest BCUT2D eigenvalue weighted by atomic mass is 10.0. The minimum atomic E-state index is -1.35. The summed E-state index contributed by atoms with van der Waals surface area (Å²) in [6.45, 7) is 0. The molecule has 0 saturated heterocycles. The van der Waals surface area contributed by atoms with Crippen molar-refractivity contribution in [2.45, 2.75) is 43.8 Å². The Morgan fingerprint density at radius 1 is 0.931 bits per heavy atom. The van der Waals surface area contributed by atoms with Crippen LogP contribution in [-0.4, -0.2) is 58.0 Å². The van der Waals surface area contributed by atoms with Crippen LogP contribution in [0.25, 0.3) is 0 Å². The van der Waals surface area contributed by atoms with E-state index in [1.807, 2.05) is 0 Å². The van der Waals surface area contributed by atoms with Gasteiger partial charge in [-0.1, -0.05) is 30.3 Å². The molecule has 0 radical (unpaired) electrons. The number of nitrogens with one attached hydrogen (secondary N) is 2. The summed E-state index contributed by atoms with van der Waals surface area (Å²) in [7, 11) is 0. The first-order chi connectivity index (χ1) is 13.6. The van der Waals surface area contributed by atoms with Crippen molar-refractivity contribution in [2.24, 2.45) is 11.5 Å². The first-order valence-electron chi connectivity index (χ1n) is 8.73. The molecule has 1 rings (SSSR count). The van der Waals surface area contributed by atoms with Crippen LogP contribution in [0.3, 0.4) is 0 Å². The molecule has 0 aromatic heterocycles. The van der Waals surface area contributed by atoms with Crippen LogP contribution in [0.1, 0.15) is 24.8 Å². The second-order valence-electron chi connectivity index (χ2n) is 6.36. The van der Waals surface area contributed by atoms with Crippen LogP contribution in [0, 0.1) is 0 Å². The van der Waals surface area contributed by atoms with Gasteiger partial charge in [0.25, 0.3) is 0 Å². The zero-order chi connectivity index (χ0) is 22.0. The van der Waals surface area contributed by atoms with Gasteiger partial charge in [0.15, 0.2) is 0 Å². The third kappa shape index (κ3) is 8.84. The lowest BCUT2D eigenvalue weighted by molar-refractivity contribution is -0.143. The van der Waals surface area contributed by atoms with Crippen LogP contribution >= 0.6 is 0 Å². The third-order valence-corrected chi connectivity index (χ3v) is 3.93. The number of hydrogen-bond acceptors (Lipinski definition) is 6. The number of benzene rings is 1. The molecule has 158 valence electrons. The van der Waals surface area contributed by atoms with E-state index in [2.05, 4.69) is 10.6 Å². The highest BCUT2D eigenvalue weighted by molar-refractivity contribution is 5.93. The fraction of sp³-hybridized carbons (Fsp3) is 0.389. The quantitative estimate of drug-likeness (QED) is 0.236. The molecule has 1 aromatic rings. The Labute approximate surface area is 166 Å². The fourth-order valence-corrected chi connectivity index (χ4v) is 2.45. The Balaban J connectivity index is 2.87. The largest absolute Gasteiger partial charge is 0.481 e. The molecule has 0 aliphatic rings. The number of hydrogen-bond donors (Lipinski definition) is 6. The molecular weight excluding hydrogens is 384 g/mol. The summed E-state index contributed by atoms with van der Waals surface area (Å²) < 4.78 is 0. The molecule has 0 aliphatic carbocycles. The smallest absolute Gasteiger partial charge is 0.326 e. The number of amides is 3. The van der Waals surface area contributed by atoms with Crippen LogP contribution < -0.4 is 22.1 Å². The number of carbonyl (C=O) groups is 5. The molecule has 0 heterocycles. The fourth-order valence-electron chi connectivity index (χ4n) is 2.45. The number of primary amides is 1. The van der Waals surface area contributed by atoms with E-state index in [4.69, 9.17) is 16.6 Å². The Kier molecular flexibility index (Phi) is 9.26. The molecule has 0 aliphatic heterocycles.